The SMILES string of the molecule is CC(C)CC(=O)OC1CC(C)(O)C23C=CC(C)(OO2)C3C2OC(=O)C(C)C12. The largest absolute Gasteiger partial charge is 0.462 e. The molecule has 0 aromatic heterocycles. The van der Waals surface area contributed by atoms with Crippen molar-refractivity contribution in [2.75, 3.05) is 0 Å². The van der Waals surface area contributed by atoms with Crippen molar-refractivity contribution in [2.24, 2.45) is 23.7 Å². The summed E-state index contributed by atoms with van der Waals surface area (Å²) in [5.74, 6) is -1.71. The second-order valence-corrected chi connectivity index (χ2v) is 9.33. The zero-order valence-electron chi connectivity index (χ0n) is 16.4. The van der Waals surface area contributed by atoms with Crippen molar-refractivity contribution in [2.45, 2.75) is 76.5 Å². The Kier molecular flexibility index (Phi) is 4.05. The van der Waals surface area contributed by atoms with Gasteiger partial charge in [0.1, 0.15) is 23.4 Å². The number of fused-ring (bicyclic) bond motifs is 1. The monoisotopic (exact) mass is 380 g/mol. The Morgan fingerprint density at radius 3 is 2.63 bits per heavy atom. The molecule has 4 rings (SSSR count). The predicted molar refractivity (Wildman–Crippen MR) is 93.0 cm³/mol. The summed E-state index contributed by atoms with van der Waals surface area (Å²) >= 11 is 0. The summed E-state index contributed by atoms with van der Waals surface area (Å²) in [5.41, 5.74) is -3.32. The molecule has 1 N–H and O–H groups in total. The van der Waals surface area contributed by atoms with Gasteiger partial charge in [-0.3, -0.25) is 9.59 Å². The number of rotatable bonds is 3. The van der Waals surface area contributed by atoms with Crippen molar-refractivity contribution in [1.82, 2.24) is 0 Å². The van der Waals surface area contributed by atoms with Crippen LogP contribution < -0.4 is 0 Å². The van der Waals surface area contributed by atoms with Gasteiger partial charge in [-0.25, -0.2) is 9.78 Å². The minimum absolute atomic E-state index is 0.138. The van der Waals surface area contributed by atoms with Gasteiger partial charge in [-0.2, -0.15) is 0 Å². The normalized spacial score (nSPS) is 50.3. The van der Waals surface area contributed by atoms with Crippen LogP contribution in [0.4, 0.5) is 0 Å². The van der Waals surface area contributed by atoms with Gasteiger partial charge in [0.15, 0.2) is 5.60 Å². The lowest BCUT2D eigenvalue weighted by Crippen LogP contribution is -2.56. The smallest absolute Gasteiger partial charge is 0.309 e. The van der Waals surface area contributed by atoms with E-state index < -0.39 is 40.8 Å². The zero-order chi connectivity index (χ0) is 19.8. The van der Waals surface area contributed by atoms with Crippen molar-refractivity contribution < 1.29 is 33.9 Å². The lowest BCUT2D eigenvalue weighted by molar-refractivity contribution is -0.361. The van der Waals surface area contributed by atoms with Gasteiger partial charge in [-0.05, 0) is 25.8 Å². The van der Waals surface area contributed by atoms with E-state index in [1.54, 1.807) is 13.8 Å². The minimum Gasteiger partial charge on any atom is -0.462 e. The molecule has 150 valence electrons. The van der Waals surface area contributed by atoms with E-state index in [1.165, 1.54) is 0 Å². The van der Waals surface area contributed by atoms with Crippen LogP contribution in [-0.2, 0) is 28.8 Å². The predicted octanol–water partition coefficient (Wildman–Crippen LogP) is 1.92. The van der Waals surface area contributed by atoms with Crippen LogP contribution >= 0.6 is 0 Å². The lowest BCUT2D eigenvalue weighted by Gasteiger charge is -2.40. The summed E-state index contributed by atoms with van der Waals surface area (Å²) in [5, 5.41) is 11.4. The van der Waals surface area contributed by atoms with Crippen molar-refractivity contribution in [3.8, 4) is 0 Å². The Balaban J connectivity index is 1.75. The fourth-order valence-corrected chi connectivity index (χ4v) is 5.36. The van der Waals surface area contributed by atoms with E-state index in [-0.39, 0.29) is 36.6 Å². The maximum absolute atomic E-state index is 12.4. The second-order valence-electron chi connectivity index (χ2n) is 9.33. The fourth-order valence-electron chi connectivity index (χ4n) is 5.36. The summed E-state index contributed by atoms with van der Waals surface area (Å²) in [6, 6.07) is 0. The Bertz CT molecular complexity index is 698. The van der Waals surface area contributed by atoms with Gasteiger partial charge < -0.3 is 14.6 Å². The van der Waals surface area contributed by atoms with Crippen molar-refractivity contribution in [1.29, 1.82) is 0 Å². The molecule has 0 aromatic rings. The number of aliphatic hydroxyl groups is 1. The van der Waals surface area contributed by atoms with Crippen molar-refractivity contribution >= 4 is 11.9 Å². The molecular weight excluding hydrogens is 352 g/mol. The molecule has 4 aliphatic rings. The highest BCUT2D eigenvalue weighted by molar-refractivity contribution is 5.76. The molecule has 2 heterocycles. The third-order valence-corrected chi connectivity index (χ3v) is 6.74. The summed E-state index contributed by atoms with van der Waals surface area (Å²) in [6.45, 7) is 9.20. The molecule has 2 aliphatic heterocycles. The van der Waals surface area contributed by atoms with Gasteiger partial charge in [-0.1, -0.05) is 26.8 Å². The highest BCUT2D eigenvalue weighted by Gasteiger charge is 2.75. The van der Waals surface area contributed by atoms with Crippen LogP contribution in [0, 0.1) is 23.7 Å². The molecule has 8 unspecified atom stereocenters. The van der Waals surface area contributed by atoms with E-state index in [0.29, 0.717) is 0 Å². The maximum Gasteiger partial charge on any atom is 0.309 e. The van der Waals surface area contributed by atoms with Gasteiger partial charge >= 0.3 is 11.9 Å². The van der Waals surface area contributed by atoms with Gasteiger partial charge in [-0.15, -0.1) is 0 Å². The Morgan fingerprint density at radius 2 is 2.04 bits per heavy atom. The summed E-state index contributed by atoms with van der Waals surface area (Å²) in [4.78, 5) is 36.1. The fraction of sp³-hybridized carbons (Fsp3) is 0.800. The molecule has 1 saturated carbocycles. The van der Waals surface area contributed by atoms with Crippen LogP contribution in [0.1, 0.15) is 47.5 Å². The van der Waals surface area contributed by atoms with Crippen LogP contribution in [0.15, 0.2) is 12.2 Å². The number of carbonyl (C=O) groups excluding carboxylic acids is 2. The standard InChI is InChI=1S/C20H28O7/c1-10(2)8-13(21)24-12-9-19(5,23)20-7-6-18(4,26-27-20)16(20)15-14(12)11(3)17(22)25-15/h6-7,10-12,14-16,23H,8-9H2,1-5H3. The summed E-state index contributed by atoms with van der Waals surface area (Å²) < 4.78 is 11.6. The molecule has 7 heteroatoms. The van der Waals surface area contributed by atoms with E-state index in [9.17, 15) is 14.7 Å². The van der Waals surface area contributed by atoms with E-state index in [0.717, 1.165) is 0 Å². The van der Waals surface area contributed by atoms with Gasteiger partial charge in [0.05, 0.1) is 11.8 Å². The first-order chi connectivity index (χ1) is 12.5. The Morgan fingerprint density at radius 1 is 1.33 bits per heavy atom. The first-order valence-corrected chi connectivity index (χ1v) is 9.70. The Labute approximate surface area is 158 Å². The molecule has 7 nitrogen and oxygen atoms in total. The van der Waals surface area contributed by atoms with E-state index in [2.05, 4.69) is 0 Å². The number of hydrogen-bond acceptors (Lipinski definition) is 7. The average molecular weight is 380 g/mol. The molecule has 0 spiro atoms. The quantitative estimate of drug-likeness (QED) is 0.454. The Hall–Kier alpha value is -1.44. The minimum atomic E-state index is -1.36. The zero-order valence-corrected chi connectivity index (χ0v) is 16.4. The number of carbonyl (C=O) groups is 2. The van der Waals surface area contributed by atoms with Crippen LogP contribution in [0.3, 0.4) is 0 Å². The van der Waals surface area contributed by atoms with Crippen molar-refractivity contribution in [3.63, 3.8) is 0 Å². The van der Waals surface area contributed by atoms with Gasteiger partial charge in [0.25, 0.3) is 0 Å². The molecule has 0 radical (unpaired) electrons. The second kappa shape index (κ2) is 5.78. The first kappa shape index (κ1) is 18.9. The summed E-state index contributed by atoms with van der Waals surface area (Å²) in [6.07, 6.45) is 2.90. The lowest BCUT2D eigenvalue weighted by atomic mass is 9.70. The molecule has 8 atom stereocenters. The molecule has 2 aliphatic carbocycles. The van der Waals surface area contributed by atoms with E-state index in [4.69, 9.17) is 19.2 Å². The third-order valence-electron chi connectivity index (χ3n) is 6.74. The number of esters is 2. The van der Waals surface area contributed by atoms with Crippen molar-refractivity contribution in [3.05, 3.63) is 12.2 Å². The third kappa shape index (κ3) is 2.51. The molecule has 27 heavy (non-hydrogen) atoms. The molecule has 0 amide bonds. The molecule has 3 fully saturated rings. The van der Waals surface area contributed by atoms with Gasteiger partial charge in [0.2, 0.25) is 0 Å². The van der Waals surface area contributed by atoms with Gasteiger partial charge in [0, 0.05) is 18.8 Å². The van der Waals surface area contributed by atoms with Crippen LogP contribution in [0.2, 0.25) is 0 Å². The van der Waals surface area contributed by atoms with E-state index in [1.807, 2.05) is 32.9 Å². The first-order valence-electron chi connectivity index (χ1n) is 9.70. The highest BCUT2D eigenvalue weighted by atomic mass is 17.2. The maximum atomic E-state index is 12.4. The molecule has 2 bridgehead atoms. The molecule has 2 saturated heterocycles. The number of hydrogen-bond donors (Lipinski definition) is 1. The van der Waals surface area contributed by atoms with E-state index >= 15 is 0 Å². The molecular formula is C20H28O7. The molecule has 0 aromatic carbocycles. The summed E-state index contributed by atoms with van der Waals surface area (Å²) in [7, 11) is 0. The van der Waals surface area contributed by atoms with Crippen LogP contribution in [-0.4, -0.2) is 46.1 Å². The topological polar surface area (TPSA) is 91.3 Å². The highest BCUT2D eigenvalue weighted by Crippen LogP contribution is 2.62. The van der Waals surface area contributed by atoms with Crippen LogP contribution in [0.25, 0.3) is 0 Å². The van der Waals surface area contributed by atoms with Crippen LogP contribution in [0.5, 0.6) is 0 Å². The average Bonchev–Trinajstić information content (AvgIpc) is 3.09. The number of ether oxygens (including phenoxy) is 2.